The number of carbonyl (C=O) groups excluding carboxylic acids is 2. The molecule has 148 valence electrons. The van der Waals surface area contributed by atoms with Crippen molar-refractivity contribution in [3.8, 4) is 11.1 Å². The topological polar surface area (TPSA) is 40.6 Å². The predicted octanol–water partition coefficient (Wildman–Crippen LogP) is 3.75. The zero-order valence-electron chi connectivity index (χ0n) is 16.7. The first kappa shape index (κ1) is 20.1. The van der Waals surface area contributed by atoms with E-state index in [1.807, 2.05) is 37.3 Å². The number of amides is 2. The summed E-state index contributed by atoms with van der Waals surface area (Å²) in [5, 5.41) is 0. The lowest BCUT2D eigenvalue weighted by Gasteiger charge is -2.32. The van der Waals surface area contributed by atoms with Crippen molar-refractivity contribution in [2.75, 3.05) is 27.2 Å². The number of halogens is 1. The van der Waals surface area contributed by atoms with Crippen LogP contribution in [0, 0.1) is 11.2 Å². The molecule has 1 fully saturated rings. The number of benzene rings is 2. The Morgan fingerprint density at radius 2 is 1.71 bits per heavy atom. The lowest BCUT2D eigenvalue weighted by atomic mass is 9.77. The molecule has 1 heterocycles. The van der Waals surface area contributed by atoms with Crippen LogP contribution < -0.4 is 0 Å². The average molecular weight is 382 g/mol. The summed E-state index contributed by atoms with van der Waals surface area (Å²) in [5.74, 6) is -0.199. The van der Waals surface area contributed by atoms with E-state index in [-0.39, 0.29) is 17.6 Å². The lowest BCUT2D eigenvalue weighted by molar-refractivity contribution is -0.139. The Bertz CT molecular complexity index is 880. The maximum absolute atomic E-state index is 14.4. The standard InChI is InChI=1S/C23H27FN2O2/c1-4-21(27)26-14-13-23(16-26,22(28)25(2)3)15-17-9-5-6-10-18(17)19-11-7-8-12-20(19)24/h5-12H,4,13-16H2,1-3H3/t23-/m0/s1. The molecule has 2 aromatic rings. The summed E-state index contributed by atoms with van der Waals surface area (Å²) in [7, 11) is 3.49. The summed E-state index contributed by atoms with van der Waals surface area (Å²) in [5.41, 5.74) is 1.57. The van der Waals surface area contributed by atoms with Crippen molar-refractivity contribution in [1.29, 1.82) is 0 Å². The van der Waals surface area contributed by atoms with Gasteiger partial charge in [-0.15, -0.1) is 0 Å². The molecule has 0 aromatic heterocycles. The Balaban J connectivity index is 2.01. The fourth-order valence-corrected chi connectivity index (χ4v) is 4.16. The molecule has 28 heavy (non-hydrogen) atoms. The van der Waals surface area contributed by atoms with E-state index in [4.69, 9.17) is 0 Å². The number of likely N-dealkylation sites (tertiary alicyclic amines) is 1. The van der Waals surface area contributed by atoms with Gasteiger partial charge in [0.2, 0.25) is 11.8 Å². The van der Waals surface area contributed by atoms with Crippen molar-refractivity contribution >= 4 is 11.8 Å². The van der Waals surface area contributed by atoms with Crippen LogP contribution >= 0.6 is 0 Å². The van der Waals surface area contributed by atoms with Crippen LogP contribution in [0.3, 0.4) is 0 Å². The van der Waals surface area contributed by atoms with Crippen molar-refractivity contribution in [2.45, 2.75) is 26.2 Å². The highest BCUT2D eigenvalue weighted by Gasteiger charge is 2.46. The molecule has 0 N–H and O–H groups in total. The van der Waals surface area contributed by atoms with Gasteiger partial charge in [-0.3, -0.25) is 9.59 Å². The van der Waals surface area contributed by atoms with Gasteiger partial charge in [0.15, 0.2) is 0 Å². The van der Waals surface area contributed by atoms with Crippen molar-refractivity contribution in [2.24, 2.45) is 5.41 Å². The van der Waals surface area contributed by atoms with Crippen molar-refractivity contribution in [3.63, 3.8) is 0 Å². The Morgan fingerprint density at radius 1 is 1.07 bits per heavy atom. The van der Waals surface area contributed by atoms with E-state index in [9.17, 15) is 14.0 Å². The largest absolute Gasteiger partial charge is 0.348 e. The fourth-order valence-electron chi connectivity index (χ4n) is 4.16. The molecule has 3 rings (SSSR count). The molecule has 0 aliphatic carbocycles. The third-order valence-corrected chi connectivity index (χ3v) is 5.58. The van der Waals surface area contributed by atoms with Gasteiger partial charge in [-0.2, -0.15) is 0 Å². The van der Waals surface area contributed by atoms with E-state index in [1.165, 1.54) is 6.07 Å². The Labute approximate surface area is 166 Å². The van der Waals surface area contributed by atoms with Crippen molar-refractivity contribution in [1.82, 2.24) is 9.80 Å². The summed E-state index contributed by atoms with van der Waals surface area (Å²) in [4.78, 5) is 28.8. The van der Waals surface area contributed by atoms with Gasteiger partial charge in [0.1, 0.15) is 5.82 Å². The second kappa shape index (κ2) is 8.13. The molecule has 0 spiro atoms. The molecule has 1 atom stereocenters. The SMILES string of the molecule is CCC(=O)N1CC[C@@](Cc2ccccc2-c2ccccc2F)(C(=O)N(C)C)C1. The zero-order chi connectivity index (χ0) is 20.3. The van der Waals surface area contributed by atoms with Gasteiger partial charge in [0, 0.05) is 39.2 Å². The summed E-state index contributed by atoms with van der Waals surface area (Å²) in [6, 6.07) is 14.3. The van der Waals surface area contributed by atoms with Crippen LogP contribution in [0.25, 0.3) is 11.1 Å². The highest BCUT2D eigenvalue weighted by atomic mass is 19.1. The van der Waals surface area contributed by atoms with Gasteiger partial charge in [-0.25, -0.2) is 4.39 Å². The smallest absolute Gasteiger partial charge is 0.230 e. The van der Waals surface area contributed by atoms with Gasteiger partial charge in [-0.1, -0.05) is 49.4 Å². The minimum absolute atomic E-state index is 0.0160. The number of carbonyl (C=O) groups is 2. The molecule has 2 aromatic carbocycles. The summed E-state index contributed by atoms with van der Waals surface area (Å²) >= 11 is 0. The zero-order valence-corrected chi connectivity index (χ0v) is 16.7. The Hall–Kier alpha value is -2.69. The maximum atomic E-state index is 14.4. The molecular weight excluding hydrogens is 355 g/mol. The fraction of sp³-hybridized carbons (Fsp3) is 0.391. The molecule has 0 radical (unpaired) electrons. The van der Waals surface area contributed by atoms with E-state index >= 15 is 0 Å². The molecule has 1 aliphatic rings. The number of rotatable bonds is 5. The molecule has 1 aliphatic heterocycles. The van der Waals surface area contributed by atoms with Crippen LogP contribution in [0.15, 0.2) is 48.5 Å². The van der Waals surface area contributed by atoms with E-state index in [1.54, 1.807) is 36.0 Å². The van der Waals surface area contributed by atoms with Gasteiger partial charge >= 0.3 is 0 Å². The summed E-state index contributed by atoms with van der Waals surface area (Å²) in [6.45, 7) is 2.82. The number of hydrogen-bond donors (Lipinski definition) is 0. The van der Waals surface area contributed by atoms with Gasteiger partial charge in [0.05, 0.1) is 5.41 Å². The van der Waals surface area contributed by atoms with Crippen LogP contribution in [0.1, 0.15) is 25.3 Å². The van der Waals surface area contributed by atoms with Crippen molar-refractivity contribution < 1.29 is 14.0 Å². The second-order valence-corrected chi connectivity index (χ2v) is 7.71. The highest BCUT2D eigenvalue weighted by Crippen LogP contribution is 2.39. The van der Waals surface area contributed by atoms with Crippen molar-refractivity contribution in [3.05, 3.63) is 59.9 Å². The predicted molar refractivity (Wildman–Crippen MR) is 108 cm³/mol. The minimum Gasteiger partial charge on any atom is -0.348 e. The third-order valence-electron chi connectivity index (χ3n) is 5.58. The number of hydrogen-bond acceptors (Lipinski definition) is 2. The summed E-state index contributed by atoms with van der Waals surface area (Å²) < 4.78 is 14.4. The van der Waals surface area contributed by atoms with Crippen LogP contribution in [0.4, 0.5) is 4.39 Å². The first-order chi connectivity index (χ1) is 13.4. The lowest BCUT2D eigenvalue weighted by Crippen LogP contribution is -2.44. The Kier molecular flexibility index (Phi) is 5.82. The van der Waals surface area contributed by atoms with Gasteiger partial charge < -0.3 is 9.80 Å². The van der Waals surface area contributed by atoms with E-state index in [2.05, 4.69) is 0 Å². The van der Waals surface area contributed by atoms with E-state index in [0.29, 0.717) is 37.9 Å². The van der Waals surface area contributed by atoms with Gasteiger partial charge in [-0.05, 0) is 30.0 Å². The van der Waals surface area contributed by atoms with Gasteiger partial charge in [0.25, 0.3) is 0 Å². The molecular formula is C23H27FN2O2. The summed E-state index contributed by atoms with van der Waals surface area (Å²) in [6.07, 6.45) is 1.52. The minimum atomic E-state index is -0.685. The quantitative estimate of drug-likeness (QED) is 0.790. The Morgan fingerprint density at radius 3 is 2.36 bits per heavy atom. The van der Waals surface area contributed by atoms with Crippen LogP contribution in [0.5, 0.6) is 0 Å². The van der Waals surface area contributed by atoms with Crippen LogP contribution in [-0.2, 0) is 16.0 Å². The molecule has 1 saturated heterocycles. The molecule has 5 heteroatoms. The first-order valence-corrected chi connectivity index (χ1v) is 9.70. The maximum Gasteiger partial charge on any atom is 0.230 e. The monoisotopic (exact) mass is 382 g/mol. The molecule has 0 unspecified atom stereocenters. The van der Waals surface area contributed by atoms with E-state index in [0.717, 1.165) is 11.1 Å². The molecule has 0 bridgehead atoms. The normalized spacial score (nSPS) is 18.9. The van der Waals surface area contributed by atoms with Crippen LogP contribution in [-0.4, -0.2) is 48.8 Å². The third kappa shape index (κ3) is 3.79. The van der Waals surface area contributed by atoms with Crippen LogP contribution in [0.2, 0.25) is 0 Å². The average Bonchev–Trinajstić information content (AvgIpc) is 3.13. The first-order valence-electron chi connectivity index (χ1n) is 9.70. The number of nitrogens with zero attached hydrogens (tertiary/aromatic N) is 2. The molecule has 4 nitrogen and oxygen atoms in total. The second-order valence-electron chi connectivity index (χ2n) is 7.71. The molecule has 2 amide bonds. The van der Waals surface area contributed by atoms with E-state index < -0.39 is 5.41 Å². The molecule has 0 saturated carbocycles. The highest BCUT2D eigenvalue weighted by molar-refractivity contribution is 5.86.